The van der Waals surface area contributed by atoms with E-state index in [0.29, 0.717) is 52.3 Å². The second-order valence-corrected chi connectivity index (χ2v) is 19.2. The quantitative estimate of drug-likeness (QED) is 0.0611. The van der Waals surface area contributed by atoms with E-state index in [2.05, 4.69) is 31.1 Å². The summed E-state index contributed by atoms with van der Waals surface area (Å²) in [5.41, 5.74) is 6.31. The van der Waals surface area contributed by atoms with Crippen LogP contribution >= 0.6 is 0 Å². The molecular weight excluding hydrogens is 601 g/mol. The van der Waals surface area contributed by atoms with Crippen molar-refractivity contribution in [3.8, 4) is 11.5 Å². The molecule has 0 fully saturated rings. The molecule has 47 heavy (non-hydrogen) atoms. The summed E-state index contributed by atoms with van der Waals surface area (Å²) in [6, 6.07) is 12.9. The second-order valence-electron chi connectivity index (χ2n) is 14.5. The molecule has 0 aromatic heterocycles. The number of hydrogen-bond acceptors (Lipinski definition) is 4. The van der Waals surface area contributed by atoms with Crippen molar-refractivity contribution in [2.24, 2.45) is 5.92 Å². The molecule has 1 unspecified atom stereocenters. The van der Waals surface area contributed by atoms with Gasteiger partial charge in [0.25, 0.3) is 23.6 Å². The molecule has 6 nitrogen and oxygen atoms in total. The van der Waals surface area contributed by atoms with Gasteiger partial charge in [0.05, 0.1) is 0 Å². The predicted molar refractivity (Wildman–Crippen MR) is 192 cm³/mol. The standard InChI is InChI=1S/C40H40N2O4Si/c1-9-23(10-2)41-37(43)29-16-13-25-24-12-15-27-34-28(39(45)42(38(27)44)31(11-3)21(4)5)17-14-26(33(24)34)32-22(18-19-47(6,7)8)20-30(40(41)46)35(29)36(25)32/h12-17,20-21,23,31H,9-11H2,1-8H3. The fourth-order valence-corrected chi connectivity index (χ4v) is 8.51. The first kappa shape index (κ1) is 31.1. The third-order valence-corrected chi connectivity index (χ3v) is 11.1. The van der Waals surface area contributed by atoms with Crippen molar-refractivity contribution in [3.63, 3.8) is 0 Å². The molecule has 0 bridgehead atoms. The van der Waals surface area contributed by atoms with Crippen molar-refractivity contribution >= 4 is 74.8 Å². The summed E-state index contributed by atoms with van der Waals surface area (Å²) in [6.07, 6.45) is 2.03. The van der Waals surface area contributed by atoms with E-state index in [1.165, 1.54) is 9.80 Å². The molecule has 0 radical (unpaired) electrons. The van der Waals surface area contributed by atoms with Crippen LogP contribution in [0.3, 0.4) is 0 Å². The fourth-order valence-electron chi connectivity index (χ4n) is 8.00. The van der Waals surface area contributed by atoms with Gasteiger partial charge in [-0.05, 0) is 71.0 Å². The number of carbonyl (C=O) groups is 4. The highest BCUT2D eigenvalue weighted by Gasteiger charge is 2.41. The highest BCUT2D eigenvalue weighted by molar-refractivity contribution is 6.84. The Bertz CT molecular complexity index is 2260. The second kappa shape index (κ2) is 10.7. The number of hydrogen-bond donors (Lipinski definition) is 0. The van der Waals surface area contributed by atoms with E-state index in [0.717, 1.165) is 37.9 Å². The van der Waals surface area contributed by atoms with E-state index in [4.69, 9.17) is 0 Å². The summed E-state index contributed by atoms with van der Waals surface area (Å²) in [4.78, 5) is 59.4. The third kappa shape index (κ3) is 4.30. The van der Waals surface area contributed by atoms with Crippen LogP contribution in [0.25, 0.3) is 43.1 Å². The Balaban J connectivity index is 1.64. The number of imide groups is 2. The Labute approximate surface area is 276 Å². The molecule has 0 saturated carbocycles. The van der Waals surface area contributed by atoms with Crippen molar-refractivity contribution in [2.75, 3.05) is 0 Å². The van der Waals surface area contributed by atoms with Gasteiger partial charge in [0.2, 0.25) is 0 Å². The smallest absolute Gasteiger partial charge is 0.261 e. The van der Waals surface area contributed by atoms with Gasteiger partial charge in [0, 0.05) is 61.4 Å². The first-order valence-corrected chi connectivity index (χ1v) is 20.4. The van der Waals surface area contributed by atoms with Crippen LogP contribution in [0, 0.1) is 17.4 Å². The van der Waals surface area contributed by atoms with E-state index in [1.807, 2.05) is 77.1 Å². The van der Waals surface area contributed by atoms with Crippen LogP contribution in [-0.4, -0.2) is 53.6 Å². The molecule has 238 valence electrons. The molecule has 2 heterocycles. The van der Waals surface area contributed by atoms with Gasteiger partial charge in [-0.3, -0.25) is 29.0 Å². The molecule has 0 aliphatic carbocycles. The van der Waals surface area contributed by atoms with E-state index < -0.39 is 8.07 Å². The maximum absolute atomic E-state index is 14.2. The van der Waals surface area contributed by atoms with Crippen LogP contribution in [-0.2, 0) is 0 Å². The van der Waals surface area contributed by atoms with E-state index in [9.17, 15) is 19.2 Å². The Hall–Kier alpha value is -4.54. The summed E-state index contributed by atoms with van der Waals surface area (Å²) in [5, 5.41) is 6.49. The van der Waals surface area contributed by atoms with Crippen molar-refractivity contribution in [2.45, 2.75) is 85.6 Å². The Kier molecular flexibility index (Phi) is 7.11. The molecule has 0 spiro atoms. The maximum Gasteiger partial charge on any atom is 0.261 e. The number of benzene rings is 5. The van der Waals surface area contributed by atoms with E-state index >= 15 is 0 Å². The number of nitrogens with zero attached hydrogens (tertiary/aromatic N) is 2. The topological polar surface area (TPSA) is 74.8 Å². The zero-order chi connectivity index (χ0) is 33.7. The number of fused-ring (bicyclic) bond motifs is 2. The van der Waals surface area contributed by atoms with Crippen LogP contribution in [0.5, 0.6) is 0 Å². The lowest BCUT2D eigenvalue weighted by Gasteiger charge is -2.36. The zero-order valence-corrected chi connectivity index (χ0v) is 29.4. The van der Waals surface area contributed by atoms with Crippen LogP contribution in [0.4, 0.5) is 0 Å². The monoisotopic (exact) mass is 640 g/mol. The maximum atomic E-state index is 14.2. The SMILES string of the molecule is CCC(CC)N1C(=O)c2ccc3c4ccc5c6c(ccc(c7c(C#C[Si](C)(C)C)cc(c2c37)C1=O)c64)C(=O)N(C(CC)C(C)C)C5=O. The molecule has 5 aromatic rings. The van der Waals surface area contributed by atoms with Crippen LogP contribution in [0.1, 0.15) is 101 Å². The molecule has 4 amide bonds. The van der Waals surface area contributed by atoms with Gasteiger partial charge in [-0.25, -0.2) is 0 Å². The van der Waals surface area contributed by atoms with Crippen molar-refractivity contribution in [1.82, 2.24) is 9.80 Å². The minimum absolute atomic E-state index is 0.118. The van der Waals surface area contributed by atoms with Gasteiger partial charge in [0.1, 0.15) is 8.07 Å². The number of amides is 4. The predicted octanol–water partition coefficient (Wildman–Crippen LogP) is 8.78. The van der Waals surface area contributed by atoms with Crippen molar-refractivity contribution in [3.05, 3.63) is 70.3 Å². The minimum atomic E-state index is -1.84. The highest BCUT2D eigenvalue weighted by Crippen LogP contribution is 2.48. The lowest BCUT2D eigenvalue weighted by molar-refractivity contribution is 0.0485. The largest absolute Gasteiger partial charge is 0.271 e. The zero-order valence-electron chi connectivity index (χ0n) is 28.4. The van der Waals surface area contributed by atoms with Crippen LogP contribution in [0.15, 0.2) is 42.5 Å². The van der Waals surface area contributed by atoms with Crippen LogP contribution in [0.2, 0.25) is 19.6 Å². The normalized spacial score (nSPS) is 15.7. The van der Waals surface area contributed by atoms with E-state index in [1.54, 1.807) is 0 Å². The molecule has 0 saturated heterocycles. The molecule has 1 atom stereocenters. The van der Waals surface area contributed by atoms with Crippen molar-refractivity contribution in [1.29, 1.82) is 0 Å². The first-order chi connectivity index (χ1) is 22.3. The van der Waals surface area contributed by atoms with Gasteiger partial charge in [-0.15, -0.1) is 5.54 Å². The summed E-state index contributed by atoms with van der Waals surface area (Å²) in [7, 11) is -1.84. The van der Waals surface area contributed by atoms with Gasteiger partial charge in [-0.2, -0.15) is 0 Å². The Morgan fingerprint density at radius 1 is 0.596 bits per heavy atom. The minimum Gasteiger partial charge on any atom is -0.271 e. The van der Waals surface area contributed by atoms with E-state index in [-0.39, 0.29) is 41.6 Å². The Morgan fingerprint density at radius 2 is 1.09 bits per heavy atom. The summed E-state index contributed by atoms with van der Waals surface area (Å²) in [6.45, 7) is 16.7. The van der Waals surface area contributed by atoms with Gasteiger partial charge >= 0.3 is 0 Å². The molecule has 7 heteroatoms. The molecule has 5 aromatic carbocycles. The third-order valence-electron chi connectivity index (χ3n) is 10.2. The summed E-state index contributed by atoms with van der Waals surface area (Å²) < 4.78 is 0. The van der Waals surface area contributed by atoms with Crippen molar-refractivity contribution < 1.29 is 19.2 Å². The molecular formula is C40H40N2O4Si. The molecule has 0 N–H and O–H groups in total. The molecule has 2 aliphatic rings. The lowest BCUT2D eigenvalue weighted by atomic mass is 9.80. The fraction of sp³-hybridized carbons (Fsp3) is 0.350. The first-order valence-electron chi connectivity index (χ1n) is 16.9. The van der Waals surface area contributed by atoms with Gasteiger partial charge in [0.15, 0.2) is 0 Å². The average molecular weight is 641 g/mol. The van der Waals surface area contributed by atoms with Gasteiger partial charge in [-0.1, -0.05) is 78.4 Å². The number of rotatable bonds is 6. The highest BCUT2D eigenvalue weighted by atomic mass is 28.3. The molecule has 2 aliphatic heterocycles. The number of carbonyl (C=O) groups excluding carboxylic acids is 4. The average Bonchev–Trinajstić information content (AvgIpc) is 3.04. The summed E-state index contributed by atoms with van der Waals surface area (Å²) in [5.74, 6) is 2.53. The van der Waals surface area contributed by atoms with Gasteiger partial charge < -0.3 is 0 Å². The molecule has 7 rings (SSSR count). The van der Waals surface area contributed by atoms with Crippen LogP contribution < -0.4 is 0 Å². The Morgan fingerprint density at radius 3 is 1.60 bits per heavy atom. The lowest BCUT2D eigenvalue weighted by Crippen LogP contribution is -2.49. The summed E-state index contributed by atoms with van der Waals surface area (Å²) >= 11 is 0.